The molecular formula is C10H19N3O2. The number of amides is 2. The first-order chi connectivity index (χ1) is 6.75. The summed E-state index contributed by atoms with van der Waals surface area (Å²) < 4.78 is 0. The average molecular weight is 213 g/mol. The van der Waals surface area contributed by atoms with Gasteiger partial charge in [0, 0.05) is 6.54 Å². The number of hydrogen-bond donors (Lipinski definition) is 4. The van der Waals surface area contributed by atoms with Gasteiger partial charge in [-0.15, -0.1) is 0 Å². The SMILES string of the molecule is CC1(C)CC1C1(CN)NC(=O)NC1(C)O. The summed E-state index contributed by atoms with van der Waals surface area (Å²) in [6.07, 6.45) is 0.975. The third kappa shape index (κ3) is 1.26. The van der Waals surface area contributed by atoms with Crippen molar-refractivity contribution in [1.29, 1.82) is 0 Å². The zero-order chi connectivity index (χ0) is 11.5. The Morgan fingerprint density at radius 1 is 1.47 bits per heavy atom. The summed E-state index contributed by atoms with van der Waals surface area (Å²) in [5, 5.41) is 15.6. The molecule has 2 aliphatic rings. The second-order valence-corrected chi connectivity index (χ2v) is 5.57. The molecule has 1 aliphatic heterocycles. The minimum absolute atomic E-state index is 0.142. The van der Waals surface area contributed by atoms with E-state index in [9.17, 15) is 9.90 Å². The van der Waals surface area contributed by atoms with Crippen LogP contribution in [0.3, 0.4) is 0 Å². The minimum Gasteiger partial charge on any atom is -0.369 e. The number of rotatable bonds is 2. The van der Waals surface area contributed by atoms with Crippen molar-refractivity contribution >= 4 is 6.03 Å². The quantitative estimate of drug-likeness (QED) is 0.510. The molecule has 5 heteroatoms. The molecule has 0 aromatic heterocycles. The van der Waals surface area contributed by atoms with Crippen LogP contribution in [0.15, 0.2) is 0 Å². The van der Waals surface area contributed by atoms with E-state index >= 15 is 0 Å². The van der Waals surface area contributed by atoms with Crippen LogP contribution in [0.4, 0.5) is 4.79 Å². The molecule has 2 amide bonds. The number of nitrogens with one attached hydrogen (secondary N) is 2. The standard InChI is InChI=1S/C10H19N3O2/c1-8(2)4-6(8)10(5-11)9(3,15)12-7(14)13-10/h6,15H,4-5,11H2,1-3H3,(H2,12,13,14). The maximum atomic E-state index is 11.3. The van der Waals surface area contributed by atoms with Crippen molar-refractivity contribution in [2.24, 2.45) is 17.1 Å². The van der Waals surface area contributed by atoms with Crippen LogP contribution >= 0.6 is 0 Å². The fraction of sp³-hybridized carbons (Fsp3) is 0.900. The maximum Gasteiger partial charge on any atom is 0.317 e. The van der Waals surface area contributed by atoms with Gasteiger partial charge in [0.2, 0.25) is 0 Å². The molecule has 1 aliphatic carbocycles. The lowest BCUT2D eigenvalue weighted by molar-refractivity contribution is -0.0344. The van der Waals surface area contributed by atoms with Crippen LogP contribution in [-0.4, -0.2) is 28.9 Å². The Bertz CT molecular complexity index is 314. The molecule has 0 aromatic rings. The molecule has 5 nitrogen and oxygen atoms in total. The molecular weight excluding hydrogens is 194 g/mol. The van der Waals surface area contributed by atoms with E-state index in [0.717, 1.165) is 6.42 Å². The van der Waals surface area contributed by atoms with E-state index in [-0.39, 0.29) is 23.9 Å². The molecule has 5 N–H and O–H groups in total. The van der Waals surface area contributed by atoms with Gasteiger partial charge in [-0.05, 0) is 24.7 Å². The second kappa shape index (κ2) is 2.65. The van der Waals surface area contributed by atoms with E-state index < -0.39 is 11.3 Å². The van der Waals surface area contributed by atoms with Crippen molar-refractivity contribution in [2.45, 2.75) is 38.5 Å². The molecule has 15 heavy (non-hydrogen) atoms. The highest BCUT2D eigenvalue weighted by atomic mass is 16.3. The summed E-state index contributed by atoms with van der Waals surface area (Å²) in [7, 11) is 0. The Hall–Kier alpha value is -0.810. The van der Waals surface area contributed by atoms with Crippen LogP contribution in [-0.2, 0) is 0 Å². The molecule has 0 spiro atoms. The highest BCUT2D eigenvalue weighted by Gasteiger charge is 2.67. The minimum atomic E-state index is -1.27. The van der Waals surface area contributed by atoms with Crippen LogP contribution in [0.2, 0.25) is 0 Å². The summed E-state index contributed by atoms with van der Waals surface area (Å²) in [5.74, 6) is 0.226. The van der Waals surface area contributed by atoms with E-state index in [2.05, 4.69) is 24.5 Å². The summed E-state index contributed by atoms with van der Waals surface area (Å²) in [6.45, 7) is 6.09. The maximum absolute atomic E-state index is 11.3. The second-order valence-electron chi connectivity index (χ2n) is 5.57. The summed E-state index contributed by atoms with van der Waals surface area (Å²) in [4.78, 5) is 11.3. The summed E-state index contributed by atoms with van der Waals surface area (Å²) >= 11 is 0. The highest BCUT2D eigenvalue weighted by molar-refractivity contribution is 5.79. The molecule has 86 valence electrons. The molecule has 1 saturated carbocycles. The van der Waals surface area contributed by atoms with Gasteiger partial charge in [-0.1, -0.05) is 13.8 Å². The number of urea groups is 1. The van der Waals surface area contributed by atoms with Gasteiger partial charge in [-0.2, -0.15) is 0 Å². The fourth-order valence-electron chi connectivity index (χ4n) is 2.81. The lowest BCUT2D eigenvalue weighted by atomic mass is 9.81. The van der Waals surface area contributed by atoms with Crippen LogP contribution in [0.25, 0.3) is 0 Å². The predicted octanol–water partition coefficient (Wildman–Crippen LogP) is -0.249. The Balaban J connectivity index is 2.34. The number of nitrogens with two attached hydrogens (primary N) is 1. The van der Waals surface area contributed by atoms with E-state index in [1.165, 1.54) is 0 Å². The van der Waals surface area contributed by atoms with Gasteiger partial charge < -0.3 is 21.5 Å². The van der Waals surface area contributed by atoms with Crippen molar-refractivity contribution in [3.63, 3.8) is 0 Å². The zero-order valence-electron chi connectivity index (χ0n) is 9.42. The Labute approximate surface area is 89.4 Å². The van der Waals surface area contributed by atoms with Crippen molar-refractivity contribution in [2.75, 3.05) is 6.54 Å². The topological polar surface area (TPSA) is 87.4 Å². The molecule has 0 radical (unpaired) electrons. The molecule has 0 bridgehead atoms. The van der Waals surface area contributed by atoms with E-state index in [1.807, 2.05) is 0 Å². The van der Waals surface area contributed by atoms with Crippen LogP contribution in [0, 0.1) is 11.3 Å². The monoisotopic (exact) mass is 213 g/mol. The van der Waals surface area contributed by atoms with E-state index in [1.54, 1.807) is 6.92 Å². The van der Waals surface area contributed by atoms with E-state index in [4.69, 9.17) is 5.73 Å². The van der Waals surface area contributed by atoms with Gasteiger partial charge in [-0.25, -0.2) is 4.79 Å². The molecule has 2 rings (SSSR count). The first-order valence-electron chi connectivity index (χ1n) is 5.28. The van der Waals surface area contributed by atoms with Gasteiger partial charge in [0.1, 0.15) is 5.54 Å². The fourth-order valence-corrected chi connectivity index (χ4v) is 2.81. The van der Waals surface area contributed by atoms with Crippen LogP contribution < -0.4 is 16.4 Å². The summed E-state index contributed by atoms with van der Waals surface area (Å²) in [5.41, 5.74) is 3.90. The lowest BCUT2D eigenvalue weighted by Gasteiger charge is -2.38. The Morgan fingerprint density at radius 2 is 2.00 bits per heavy atom. The lowest BCUT2D eigenvalue weighted by Crippen LogP contribution is -2.64. The third-order valence-electron chi connectivity index (χ3n) is 3.99. The zero-order valence-corrected chi connectivity index (χ0v) is 9.42. The molecule has 3 atom stereocenters. The van der Waals surface area contributed by atoms with Gasteiger partial charge in [0.25, 0.3) is 0 Å². The number of aliphatic hydroxyl groups is 1. The van der Waals surface area contributed by atoms with Crippen LogP contribution in [0.1, 0.15) is 27.2 Å². The molecule has 3 unspecified atom stereocenters. The van der Waals surface area contributed by atoms with Gasteiger partial charge in [0.15, 0.2) is 5.72 Å². The van der Waals surface area contributed by atoms with E-state index in [0.29, 0.717) is 0 Å². The number of hydrogen-bond acceptors (Lipinski definition) is 3. The molecule has 2 fully saturated rings. The van der Waals surface area contributed by atoms with Crippen molar-refractivity contribution in [3.8, 4) is 0 Å². The van der Waals surface area contributed by atoms with Crippen molar-refractivity contribution in [3.05, 3.63) is 0 Å². The number of carbonyl (C=O) groups excluding carboxylic acids is 1. The van der Waals surface area contributed by atoms with Crippen molar-refractivity contribution < 1.29 is 9.90 Å². The first-order valence-corrected chi connectivity index (χ1v) is 5.28. The smallest absolute Gasteiger partial charge is 0.317 e. The van der Waals surface area contributed by atoms with Crippen molar-refractivity contribution in [1.82, 2.24) is 10.6 Å². The Morgan fingerprint density at radius 3 is 2.27 bits per heavy atom. The molecule has 0 aromatic carbocycles. The Kier molecular flexibility index (Phi) is 1.89. The third-order valence-corrected chi connectivity index (χ3v) is 3.99. The first kappa shape index (κ1) is 10.7. The van der Waals surface area contributed by atoms with Crippen LogP contribution in [0.5, 0.6) is 0 Å². The largest absolute Gasteiger partial charge is 0.369 e. The number of carbonyl (C=O) groups is 1. The highest BCUT2D eigenvalue weighted by Crippen LogP contribution is 2.59. The van der Waals surface area contributed by atoms with Gasteiger partial charge >= 0.3 is 6.03 Å². The predicted molar refractivity (Wildman–Crippen MR) is 56.0 cm³/mol. The average Bonchev–Trinajstić information content (AvgIpc) is 2.61. The van der Waals surface area contributed by atoms with Gasteiger partial charge in [0.05, 0.1) is 0 Å². The van der Waals surface area contributed by atoms with Gasteiger partial charge in [-0.3, -0.25) is 0 Å². The summed E-state index contributed by atoms with van der Waals surface area (Å²) in [6, 6.07) is -0.340. The molecule has 1 saturated heterocycles. The normalized spacial score (nSPS) is 47.3. The molecule has 1 heterocycles.